The van der Waals surface area contributed by atoms with E-state index in [4.69, 9.17) is 9.47 Å². The molecule has 1 aliphatic heterocycles. The molecule has 1 spiro atoms. The van der Waals surface area contributed by atoms with Gasteiger partial charge in [0.15, 0.2) is 0 Å². The van der Waals surface area contributed by atoms with Gasteiger partial charge in [-0.05, 0) is 25.0 Å². The average Bonchev–Trinajstić information content (AvgIpc) is 2.64. The van der Waals surface area contributed by atoms with Crippen molar-refractivity contribution >= 4 is 11.6 Å². The lowest BCUT2D eigenvalue weighted by Gasteiger charge is -2.49. The Bertz CT molecular complexity index is 724. The molecule has 1 saturated heterocycles. The molecule has 1 amide bonds. The van der Waals surface area contributed by atoms with Crippen molar-refractivity contribution in [2.75, 3.05) is 33.4 Å². The summed E-state index contributed by atoms with van der Waals surface area (Å²) in [7, 11) is 1.48. The minimum absolute atomic E-state index is 0.00550. The molecular weight excluding hydrogens is 366 g/mol. The van der Waals surface area contributed by atoms with Gasteiger partial charge >= 0.3 is 0 Å². The summed E-state index contributed by atoms with van der Waals surface area (Å²) in [5.74, 6) is -0.163. The van der Waals surface area contributed by atoms with Crippen LogP contribution < -0.4 is 5.32 Å². The van der Waals surface area contributed by atoms with E-state index in [1.165, 1.54) is 25.3 Å². The van der Waals surface area contributed by atoms with Crippen molar-refractivity contribution in [3.05, 3.63) is 33.9 Å². The molecule has 3 rings (SSSR count). The normalized spacial score (nSPS) is 25.5. The van der Waals surface area contributed by atoms with Gasteiger partial charge in [-0.1, -0.05) is 12.8 Å². The van der Waals surface area contributed by atoms with Gasteiger partial charge in [-0.2, -0.15) is 0 Å². The Morgan fingerprint density at radius 1 is 1.50 bits per heavy atom. The van der Waals surface area contributed by atoms with E-state index in [2.05, 4.69) is 10.2 Å². The van der Waals surface area contributed by atoms with E-state index in [0.717, 1.165) is 25.7 Å². The number of nitro groups is 1. The van der Waals surface area contributed by atoms with Gasteiger partial charge in [-0.15, -0.1) is 0 Å². The molecule has 0 bridgehead atoms. The molecule has 9 heteroatoms. The van der Waals surface area contributed by atoms with Crippen molar-refractivity contribution in [1.29, 1.82) is 0 Å². The number of nitro benzene ring substituents is 1. The van der Waals surface area contributed by atoms with Crippen molar-refractivity contribution in [3.8, 4) is 5.75 Å². The molecule has 2 aliphatic rings. The number of carbonyl (C=O) groups is 1. The second-order valence-electron chi connectivity index (χ2n) is 7.49. The van der Waals surface area contributed by atoms with Crippen LogP contribution in [0.4, 0.5) is 5.69 Å². The molecule has 1 aromatic rings. The zero-order valence-electron chi connectivity index (χ0n) is 16.1. The van der Waals surface area contributed by atoms with Crippen LogP contribution in [0, 0.1) is 10.1 Å². The van der Waals surface area contributed by atoms with Gasteiger partial charge in [0.2, 0.25) is 5.91 Å². The first-order chi connectivity index (χ1) is 13.4. The highest BCUT2D eigenvalue weighted by molar-refractivity contribution is 5.77. The van der Waals surface area contributed by atoms with Gasteiger partial charge < -0.3 is 19.9 Å². The number of phenolic OH excluding ortho intramolecular Hbond substituents is 1. The molecule has 0 aromatic heterocycles. The summed E-state index contributed by atoms with van der Waals surface area (Å²) >= 11 is 0. The summed E-state index contributed by atoms with van der Waals surface area (Å²) in [5.41, 5.74) is -0.0457. The maximum absolute atomic E-state index is 12.1. The average molecular weight is 393 g/mol. The Morgan fingerprint density at radius 2 is 2.32 bits per heavy atom. The van der Waals surface area contributed by atoms with Crippen molar-refractivity contribution < 1.29 is 24.3 Å². The van der Waals surface area contributed by atoms with E-state index in [1.54, 1.807) is 0 Å². The minimum Gasteiger partial charge on any atom is -0.508 e. The fourth-order valence-electron chi connectivity index (χ4n) is 4.28. The highest BCUT2D eigenvalue weighted by Gasteiger charge is 2.46. The van der Waals surface area contributed by atoms with Crippen LogP contribution in [-0.4, -0.2) is 65.9 Å². The van der Waals surface area contributed by atoms with Crippen molar-refractivity contribution in [3.63, 3.8) is 0 Å². The summed E-state index contributed by atoms with van der Waals surface area (Å²) in [6, 6.07) is 3.98. The van der Waals surface area contributed by atoms with Gasteiger partial charge in [-0.3, -0.25) is 19.8 Å². The number of ether oxygens (including phenoxy) is 2. The molecule has 0 radical (unpaired) electrons. The van der Waals surface area contributed by atoms with Crippen LogP contribution in [-0.2, 0) is 20.8 Å². The Kier molecular flexibility index (Phi) is 6.48. The van der Waals surface area contributed by atoms with Crippen molar-refractivity contribution in [2.24, 2.45) is 0 Å². The van der Waals surface area contributed by atoms with Gasteiger partial charge in [-0.25, -0.2) is 0 Å². The molecule has 1 saturated carbocycles. The first-order valence-electron chi connectivity index (χ1n) is 9.54. The topological polar surface area (TPSA) is 114 Å². The van der Waals surface area contributed by atoms with Crippen molar-refractivity contribution in [2.45, 2.75) is 43.9 Å². The summed E-state index contributed by atoms with van der Waals surface area (Å²) in [5, 5.41) is 24.1. The number of methoxy groups -OCH3 is 1. The number of aromatic hydroxyl groups is 1. The maximum atomic E-state index is 12.1. The monoisotopic (exact) mass is 393 g/mol. The quantitative estimate of drug-likeness (QED) is 0.557. The predicted molar refractivity (Wildman–Crippen MR) is 101 cm³/mol. The number of hydrogen-bond donors (Lipinski definition) is 2. The zero-order chi connectivity index (χ0) is 20.1. The Balaban J connectivity index is 1.76. The molecule has 2 N–H and O–H groups in total. The standard InChI is InChI=1S/C19H27N3O6/c1-27-12-18(24)20-17-4-2-3-7-19(17)13-21(8-9-28-19)11-14-10-15(23)5-6-16(14)22(25)26/h5-6,10,17,23H,2-4,7-9,11-13H2,1H3,(H,20,24). The summed E-state index contributed by atoms with van der Waals surface area (Å²) in [4.78, 5) is 25.1. The molecule has 154 valence electrons. The summed E-state index contributed by atoms with van der Waals surface area (Å²) in [6.45, 7) is 2.04. The second kappa shape index (κ2) is 8.85. The first kappa shape index (κ1) is 20.5. The molecule has 1 aromatic carbocycles. The molecule has 2 fully saturated rings. The lowest BCUT2D eigenvalue weighted by atomic mass is 9.78. The number of carbonyl (C=O) groups excluding carboxylic acids is 1. The van der Waals surface area contributed by atoms with Gasteiger partial charge in [0, 0.05) is 38.4 Å². The third-order valence-electron chi connectivity index (χ3n) is 5.53. The van der Waals surface area contributed by atoms with Gasteiger partial charge in [0.25, 0.3) is 5.69 Å². The van der Waals surface area contributed by atoms with Gasteiger partial charge in [0.05, 0.1) is 17.6 Å². The highest BCUT2D eigenvalue weighted by atomic mass is 16.6. The van der Waals surface area contributed by atoms with Crippen LogP contribution in [0.15, 0.2) is 18.2 Å². The molecule has 2 atom stereocenters. The van der Waals surface area contributed by atoms with Crippen LogP contribution in [0.3, 0.4) is 0 Å². The lowest BCUT2D eigenvalue weighted by Crippen LogP contribution is -2.64. The van der Waals surface area contributed by atoms with Crippen LogP contribution in [0.1, 0.15) is 31.2 Å². The number of phenols is 1. The summed E-state index contributed by atoms with van der Waals surface area (Å²) < 4.78 is 11.1. The molecule has 28 heavy (non-hydrogen) atoms. The minimum atomic E-state index is -0.508. The molecular formula is C19H27N3O6. The number of hydrogen-bond acceptors (Lipinski definition) is 7. The van der Waals surface area contributed by atoms with E-state index < -0.39 is 10.5 Å². The Morgan fingerprint density at radius 3 is 3.07 bits per heavy atom. The van der Waals surface area contributed by atoms with Crippen LogP contribution >= 0.6 is 0 Å². The van der Waals surface area contributed by atoms with E-state index in [1.807, 2.05) is 0 Å². The number of morpholine rings is 1. The maximum Gasteiger partial charge on any atom is 0.274 e. The number of nitrogens with one attached hydrogen (secondary N) is 1. The fourth-order valence-corrected chi connectivity index (χ4v) is 4.28. The van der Waals surface area contributed by atoms with Crippen LogP contribution in [0.25, 0.3) is 0 Å². The van der Waals surface area contributed by atoms with Crippen LogP contribution in [0.5, 0.6) is 5.75 Å². The fraction of sp³-hybridized carbons (Fsp3) is 0.632. The SMILES string of the molecule is COCC(=O)NC1CCCCC12CN(Cc1cc(O)ccc1[N+](=O)[O-])CCO2. The first-order valence-corrected chi connectivity index (χ1v) is 9.54. The largest absolute Gasteiger partial charge is 0.508 e. The van der Waals surface area contributed by atoms with Crippen LogP contribution in [0.2, 0.25) is 0 Å². The highest BCUT2D eigenvalue weighted by Crippen LogP contribution is 2.36. The van der Waals surface area contributed by atoms with E-state index in [0.29, 0.717) is 31.8 Å². The predicted octanol–water partition coefficient (Wildman–Crippen LogP) is 1.58. The van der Waals surface area contributed by atoms with Gasteiger partial charge in [0.1, 0.15) is 18.0 Å². The van der Waals surface area contributed by atoms with E-state index in [-0.39, 0.29) is 30.0 Å². The number of benzene rings is 1. The molecule has 1 aliphatic carbocycles. The van der Waals surface area contributed by atoms with Crippen molar-refractivity contribution in [1.82, 2.24) is 10.2 Å². The molecule has 1 heterocycles. The molecule has 2 unspecified atom stereocenters. The Labute approximate surface area is 163 Å². The number of rotatable bonds is 6. The second-order valence-corrected chi connectivity index (χ2v) is 7.49. The number of nitrogens with zero attached hydrogens (tertiary/aromatic N) is 2. The zero-order valence-corrected chi connectivity index (χ0v) is 16.1. The third kappa shape index (κ3) is 4.60. The van der Waals surface area contributed by atoms with E-state index >= 15 is 0 Å². The lowest BCUT2D eigenvalue weighted by molar-refractivity contribution is -0.385. The molecule has 9 nitrogen and oxygen atoms in total. The number of amides is 1. The smallest absolute Gasteiger partial charge is 0.274 e. The van der Waals surface area contributed by atoms with E-state index in [9.17, 15) is 20.0 Å². The Hall–Kier alpha value is -2.23. The summed E-state index contributed by atoms with van der Waals surface area (Å²) in [6.07, 6.45) is 3.68. The third-order valence-corrected chi connectivity index (χ3v) is 5.53.